The average molecular weight is 327 g/mol. The summed E-state index contributed by atoms with van der Waals surface area (Å²) >= 11 is 0. The van der Waals surface area contributed by atoms with Gasteiger partial charge in [-0.25, -0.2) is 8.42 Å². The van der Waals surface area contributed by atoms with E-state index >= 15 is 0 Å². The molecule has 0 aliphatic rings. The Hall–Kier alpha value is -1.25. The summed E-state index contributed by atoms with van der Waals surface area (Å²) in [6.45, 7) is 0. The van der Waals surface area contributed by atoms with Crippen LogP contribution in [0.2, 0.25) is 0 Å². The molecule has 2 rings (SSSR count). The second-order valence-corrected chi connectivity index (χ2v) is 5.94. The third kappa shape index (κ3) is 5.19. The van der Waals surface area contributed by atoms with E-state index in [9.17, 15) is 13.0 Å². The van der Waals surface area contributed by atoms with Crippen molar-refractivity contribution in [3.63, 3.8) is 0 Å². The SMILES string of the molecule is CN(C)c1ccc(N=Nc2ccc(S(=O)(=O)[O-])cc2)cc1.[Na]. The van der Waals surface area contributed by atoms with E-state index in [1.165, 1.54) is 24.3 Å². The van der Waals surface area contributed by atoms with Crippen LogP contribution in [0.1, 0.15) is 0 Å². The van der Waals surface area contributed by atoms with Crippen LogP contribution in [0.25, 0.3) is 0 Å². The molecule has 2 aromatic rings. The molecule has 0 saturated carbocycles. The van der Waals surface area contributed by atoms with Gasteiger partial charge < -0.3 is 9.45 Å². The van der Waals surface area contributed by atoms with Gasteiger partial charge in [-0.05, 0) is 48.5 Å². The number of azo groups is 1. The zero-order chi connectivity index (χ0) is 15.5. The molecule has 0 N–H and O–H groups in total. The minimum Gasteiger partial charge on any atom is -0.744 e. The van der Waals surface area contributed by atoms with Gasteiger partial charge in [0.25, 0.3) is 0 Å². The number of anilines is 1. The van der Waals surface area contributed by atoms with Gasteiger partial charge in [0.2, 0.25) is 0 Å². The van der Waals surface area contributed by atoms with Gasteiger partial charge in [-0.2, -0.15) is 10.2 Å². The molecular weight excluding hydrogens is 313 g/mol. The number of benzene rings is 2. The van der Waals surface area contributed by atoms with Crippen LogP contribution in [-0.4, -0.2) is 56.6 Å². The van der Waals surface area contributed by atoms with E-state index in [0.29, 0.717) is 11.4 Å². The number of hydrogen-bond acceptors (Lipinski definition) is 6. The molecular formula is C14H14N3NaO3S-. The molecule has 0 saturated heterocycles. The van der Waals surface area contributed by atoms with Crippen molar-refractivity contribution in [2.45, 2.75) is 4.90 Å². The summed E-state index contributed by atoms with van der Waals surface area (Å²) in [5.41, 5.74) is 2.21. The van der Waals surface area contributed by atoms with E-state index in [2.05, 4.69) is 10.2 Å². The minimum atomic E-state index is -4.43. The molecule has 0 amide bonds. The van der Waals surface area contributed by atoms with Gasteiger partial charge in [0.1, 0.15) is 10.1 Å². The predicted octanol–water partition coefficient (Wildman–Crippen LogP) is 2.69. The van der Waals surface area contributed by atoms with Crippen LogP contribution in [0.3, 0.4) is 0 Å². The molecule has 0 aromatic heterocycles. The van der Waals surface area contributed by atoms with Crippen molar-refractivity contribution in [3.05, 3.63) is 48.5 Å². The Labute approximate surface area is 151 Å². The molecule has 0 aliphatic carbocycles. The first-order chi connectivity index (χ1) is 9.86. The summed E-state index contributed by atoms with van der Waals surface area (Å²) in [5, 5.41) is 8.04. The van der Waals surface area contributed by atoms with Gasteiger partial charge in [0, 0.05) is 49.3 Å². The van der Waals surface area contributed by atoms with E-state index < -0.39 is 10.1 Å². The molecule has 0 fully saturated rings. The van der Waals surface area contributed by atoms with Gasteiger partial charge >= 0.3 is 0 Å². The Morgan fingerprint density at radius 3 is 1.64 bits per heavy atom. The monoisotopic (exact) mass is 327 g/mol. The molecule has 0 aliphatic heterocycles. The maximum atomic E-state index is 10.8. The molecule has 6 nitrogen and oxygen atoms in total. The molecule has 1 radical (unpaired) electrons. The van der Waals surface area contributed by atoms with Gasteiger partial charge in [-0.3, -0.25) is 0 Å². The molecule has 0 atom stereocenters. The average Bonchev–Trinajstić information content (AvgIpc) is 2.45. The van der Waals surface area contributed by atoms with Crippen LogP contribution < -0.4 is 4.90 Å². The standard InChI is InChI=1S/C14H15N3O3S.Na/c1-17(2)13-7-3-11(4-8-13)15-16-12-5-9-14(10-6-12)21(18,19)20;/h3-10H,1-2H3,(H,18,19,20);/p-1. The summed E-state index contributed by atoms with van der Waals surface area (Å²) in [6, 6.07) is 12.8. The Morgan fingerprint density at radius 1 is 0.864 bits per heavy atom. The first-order valence-corrected chi connectivity index (χ1v) is 7.52. The molecule has 0 unspecified atom stereocenters. The molecule has 0 bridgehead atoms. The van der Waals surface area contributed by atoms with Crippen molar-refractivity contribution >= 4 is 56.7 Å². The van der Waals surface area contributed by atoms with E-state index in [-0.39, 0.29) is 34.5 Å². The largest absolute Gasteiger partial charge is 0.744 e. The second kappa shape index (κ2) is 7.85. The molecule has 8 heteroatoms. The van der Waals surface area contributed by atoms with Crippen LogP contribution in [0, 0.1) is 0 Å². The first-order valence-electron chi connectivity index (χ1n) is 6.11. The van der Waals surface area contributed by atoms with Crippen LogP contribution in [0.5, 0.6) is 0 Å². The summed E-state index contributed by atoms with van der Waals surface area (Å²) in [4.78, 5) is 1.69. The molecule has 0 spiro atoms. The molecule has 0 heterocycles. The summed E-state index contributed by atoms with van der Waals surface area (Å²) in [7, 11) is -0.533. The Bertz CT molecular complexity index is 742. The smallest absolute Gasteiger partial charge is 0.124 e. The molecule has 111 valence electrons. The quantitative estimate of drug-likeness (QED) is 0.491. The van der Waals surface area contributed by atoms with E-state index in [1.807, 2.05) is 43.3 Å². The number of rotatable bonds is 4. The van der Waals surface area contributed by atoms with Crippen LogP contribution >= 0.6 is 0 Å². The summed E-state index contributed by atoms with van der Waals surface area (Å²) in [5.74, 6) is 0. The second-order valence-electron chi connectivity index (χ2n) is 4.56. The third-order valence-electron chi connectivity index (χ3n) is 2.77. The van der Waals surface area contributed by atoms with Gasteiger partial charge in [-0.15, -0.1) is 0 Å². The predicted molar refractivity (Wildman–Crippen MR) is 85.1 cm³/mol. The van der Waals surface area contributed by atoms with Crippen molar-refractivity contribution in [2.75, 3.05) is 19.0 Å². The van der Waals surface area contributed by atoms with Crippen molar-refractivity contribution in [1.29, 1.82) is 0 Å². The minimum absolute atomic E-state index is 0. The number of hydrogen-bond donors (Lipinski definition) is 0. The van der Waals surface area contributed by atoms with Crippen LogP contribution in [-0.2, 0) is 10.1 Å². The first kappa shape index (κ1) is 18.8. The van der Waals surface area contributed by atoms with E-state index in [0.717, 1.165) is 5.69 Å². The third-order valence-corrected chi connectivity index (χ3v) is 3.62. The maximum absolute atomic E-state index is 10.8. The topological polar surface area (TPSA) is 85.2 Å². The fourth-order valence-electron chi connectivity index (χ4n) is 1.61. The normalized spacial score (nSPS) is 11.2. The fourth-order valence-corrected chi connectivity index (χ4v) is 2.08. The van der Waals surface area contributed by atoms with Crippen molar-refractivity contribution in [3.8, 4) is 0 Å². The van der Waals surface area contributed by atoms with Crippen molar-refractivity contribution in [1.82, 2.24) is 0 Å². The maximum Gasteiger partial charge on any atom is 0.124 e. The Balaban J connectivity index is 0.00000242. The summed E-state index contributed by atoms with van der Waals surface area (Å²) < 4.78 is 32.4. The Morgan fingerprint density at radius 2 is 1.27 bits per heavy atom. The van der Waals surface area contributed by atoms with Gasteiger partial charge in [-0.1, -0.05) is 0 Å². The zero-order valence-electron chi connectivity index (χ0n) is 12.6. The van der Waals surface area contributed by atoms with Gasteiger partial charge in [0.05, 0.1) is 16.3 Å². The van der Waals surface area contributed by atoms with Gasteiger partial charge in [0.15, 0.2) is 0 Å². The fraction of sp³-hybridized carbons (Fsp3) is 0.143. The van der Waals surface area contributed by atoms with Crippen molar-refractivity contribution < 1.29 is 13.0 Å². The molecule has 22 heavy (non-hydrogen) atoms. The van der Waals surface area contributed by atoms with Crippen LogP contribution in [0.15, 0.2) is 63.7 Å². The van der Waals surface area contributed by atoms with Crippen LogP contribution in [0.4, 0.5) is 17.1 Å². The molecule has 2 aromatic carbocycles. The number of nitrogens with zero attached hydrogens (tertiary/aromatic N) is 3. The van der Waals surface area contributed by atoms with E-state index in [4.69, 9.17) is 0 Å². The van der Waals surface area contributed by atoms with Crippen molar-refractivity contribution in [2.24, 2.45) is 10.2 Å². The van der Waals surface area contributed by atoms with E-state index in [1.54, 1.807) is 0 Å². The zero-order valence-corrected chi connectivity index (χ0v) is 15.4. The summed E-state index contributed by atoms with van der Waals surface area (Å²) in [6.07, 6.45) is 0. The Kier molecular flexibility index (Phi) is 6.70.